The number of aliphatic carboxylic acids is 1. The summed E-state index contributed by atoms with van der Waals surface area (Å²) < 4.78 is 1.48. The molecule has 2 atom stereocenters. The van der Waals surface area contributed by atoms with Crippen LogP contribution >= 0.6 is 0 Å². The monoisotopic (exact) mass is 304 g/mol. The molecule has 8 nitrogen and oxygen atoms in total. The Morgan fingerprint density at radius 1 is 1.36 bits per heavy atom. The van der Waals surface area contributed by atoms with E-state index in [1.165, 1.54) is 17.8 Å². The molecule has 0 aliphatic heterocycles. The third kappa shape index (κ3) is 3.12. The van der Waals surface area contributed by atoms with Crippen molar-refractivity contribution < 1.29 is 19.8 Å². The summed E-state index contributed by atoms with van der Waals surface area (Å²) in [5.74, 6) is -1.38. The summed E-state index contributed by atoms with van der Waals surface area (Å²) >= 11 is 0. The smallest absolute Gasteiger partial charge is 0.328 e. The van der Waals surface area contributed by atoms with Gasteiger partial charge in [0.15, 0.2) is 11.9 Å². The lowest BCUT2D eigenvalue weighted by molar-refractivity contribution is -0.141. The highest BCUT2D eigenvalue weighted by Gasteiger charge is 2.27. The van der Waals surface area contributed by atoms with Crippen molar-refractivity contribution in [3.63, 3.8) is 0 Å². The first-order valence-electron chi connectivity index (χ1n) is 6.59. The molecule has 0 aliphatic rings. The molecular formula is C14H16N4O4. The number of amides is 1. The number of carbonyl (C=O) groups is 2. The van der Waals surface area contributed by atoms with Crippen molar-refractivity contribution in [3.05, 3.63) is 41.9 Å². The minimum Gasteiger partial charge on any atom is -0.480 e. The van der Waals surface area contributed by atoms with E-state index >= 15 is 0 Å². The molecule has 0 spiro atoms. The predicted molar refractivity (Wildman–Crippen MR) is 76.7 cm³/mol. The third-order valence-electron chi connectivity index (χ3n) is 3.16. The lowest BCUT2D eigenvalue weighted by Gasteiger charge is -2.16. The third-order valence-corrected chi connectivity index (χ3v) is 3.16. The van der Waals surface area contributed by atoms with Crippen LogP contribution in [0, 0.1) is 6.92 Å². The highest BCUT2D eigenvalue weighted by molar-refractivity contribution is 5.97. The molecule has 0 radical (unpaired) electrons. The fourth-order valence-electron chi connectivity index (χ4n) is 1.95. The fourth-order valence-corrected chi connectivity index (χ4v) is 1.95. The van der Waals surface area contributed by atoms with E-state index in [0.29, 0.717) is 11.5 Å². The van der Waals surface area contributed by atoms with E-state index in [1.807, 2.05) is 0 Å². The summed E-state index contributed by atoms with van der Waals surface area (Å²) in [7, 11) is 0. The van der Waals surface area contributed by atoms with E-state index in [1.54, 1.807) is 31.3 Å². The molecule has 22 heavy (non-hydrogen) atoms. The quantitative estimate of drug-likeness (QED) is 0.723. The van der Waals surface area contributed by atoms with Gasteiger partial charge < -0.3 is 15.5 Å². The number of nitrogens with one attached hydrogen (secondary N) is 1. The van der Waals surface area contributed by atoms with Crippen molar-refractivity contribution in [1.29, 1.82) is 0 Å². The number of aromatic nitrogens is 3. The van der Waals surface area contributed by atoms with E-state index < -0.39 is 24.0 Å². The Kier molecular flexibility index (Phi) is 4.52. The predicted octanol–water partition coefficient (Wildman–Crippen LogP) is 0.140. The van der Waals surface area contributed by atoms with Crippen molar-refractivity contribution in [2.24, 2.45) is 0 Å². The molecule has 0 aromatic carbocycles. The van der Waals surface area contributed by atoms with Crippen LogP contribution in [0.15, 0.2) is 30.6 Å². The molecule has 0 fully saturated rings. The minimum absolute atomic E-state index is 0.220. The first-order valence-corrected chi connectivity index (χ1v) is 6.59. The van der Waals surface area contributed by atoms with Crippen molar-refractivity contribution in [3.8, 4) is 5.82 Å². The topological polar surface area (TPSA) is 117 Å². The number of rotatable bonds is 5. The van der Waals surface area contributed by atoms with Crippen LogP contribution in [-0.4, -0.2) is 49.0 Å². The van der Waals surface area contributed by atoms with E-state index in [2.05, 4.69) is 15.4 Å². The van der Waals surface area contributed by atoms with Gasteiger partial charge >= 0.3 is 5.97 Å². The van der Waals surface area contributed by atoms with Crippen LogP contribution in [0.3, 0.4) is 0 Å². The van der Waals surface area contributed by atoms with Gasteiger partial charge in [0, 0.05) is 6.20 Å². The van der Waals surface area contributed by atoms with E-state index in [-0.39, 0.29) is 5.56 Å². The largest absolute Gasteiger partial charge is 0.480 e. The SMILES string of the molecule is Cc1c(C(=O)NC(C(=O)O)C(C)O)cnn1-c1ccccn1. The number of pyridine rings is 1. The van der Waals surface area contributed by atoms with Gasteiger partial charge in [-0.15, -0.1) is 0 Å². The van der Waals surface area contributed by atoms with Crippen LogP contribution in [-0.2, 0) is 4.79 Å². The molecule has 3 N–H and O–H groups in total. The van der Waals surface area contributed by atoms with Crippen LogP contribution in [0.5, 0.6) is 0 Å². The Balaban J connectivity index is 2.25. The minimum atomic E-state index is -1.38. The summed E-state index contributed by atoms with van der Waals surface area (Å²) in [5, 5.41) is 24.8. The Labute approximate surface area is 126 Å². The second kappa shape index (κ2) is 6.35. The van der Waals surface area contributed by atoms with Crippen LogP contribution in [0.25, 0.3) is 5.82 Å². The number of hydrogen-bond donors (Lipinski definition) is 3. The van der Waals surface area contributed by atoms with Gasteiger partial charge in [-0.25, -0.2) is 14.5 Å². The molecule has 8 heteroatoms. The summed E-state index contributed by atoms with van der Waals surface area (Å²) in [4.78, 5) is 27.3. The van der Waals surface area contributed by atoms with Crippen LogP contribution in [0.4, 0.5) is 0 Å². The molecular weight excluding hydrogens is 288 g/mol. The summed E-state index contributed by atoms with van der Waals surface area (Å²) in [6, 6.07) is 3.90. The number of carbonyl (C=O) groups excluding carboxylic acids is 1. The van der Waals surface area contributed by atoms with Crippen molar-refractivity contribution >= 4 is 11.9 Å². The normalized spacial score (nSPS) is 13.4. The zero-order chi connectivity index (χ0) is 16.3. The molecule has 2 unspecified atom stereocenters. The maximum atomic E-state index is 12.2. The van der Waals surface area contributed by atoms with Gasteiger partial charge in [-0.3, -0.25) is 4.79 Å². The van der Waals surface area contributed by atoms with Gasteiger partial charge in [-0.05, 0) is 26.0 Å². The number of hydrogen-bond acceptors (Lipinski definition) is 5. The average molecular weight is 304 g/mol. The zero-order valence-corrected chi connectivity index (χ0v) is 12.1. The zero-order valence-electron chi connectivity index (χ0n) is 12.1. The second-order valence-corrected chi connectivity index (χ2v) is 4.77. The maximum absolute atomic E-state index is 12.2. The number of carboxylic acids is 1. The van der Waals surface area contributed by atoms with Crippen LogP contribution < -0.4 is 5.32 Å². The first kappa shape index (κ1) is 15.6. The standard InChI is InChI=1S/C14H16N4O4/c1-8-10(13(20)17-12(9(2)19)14(21)22)7-16-18(8)11-5-3-4-6-15-11/h3-7,9,12,19H,1-2H3,(H,17,20)(H,21,22). The van der Waals surface area contributed by atoms with Gasteiger partial charge in [0.1, 0.15) is 0 Å². The highest BCUT2D eigenvalue weighted by Crippen LogP contribution is 2.12. The second-order valence-electron chi connectivity index (χ2n) is 4.77. The average Bonchev–Trinajstić information content (AvgIpc) is 2.86. The Bertz CT molecular complexity index is 681. The molecule has 2 aromatic rings. The molecule has 116 valence electrons. The molecule has 0 saturated heterocycles. The van der Waals surface area contributed by atoms with Crippen molar-refractivity contribution in [1.82, 2.24) is 20.1 Å². The summed E-state index contributed by atoms with van der Waals surface area (Å²) in [6.07, 6.45) is 1.72. The molecule has 2 aromatic heterocycles. The Morgan fingerprint density at radius 3 is 2.64 bits per heavy atom. The molecule has 0 aliphatic carbocycles. The molecule has 2 rings (SSSR count). The Morgan fingerprint density at radius 2 is 2.09 bits per heavy atom. The summed E-state index contributed by atoms with van der Waals surface area (Å²) in [5.41, 5.74) is 0.739. The first-order chi connectivity index (χ1) is 10.4. The molecule has 0 saturated carbocycles. The van der Waals surface area contributed by atoms with Crippen LogP contribution in [0.1, 0.15) is 23.0 Å². The van der Waals surface area contributed by atoms with E-state index in [0.717, 1.165) is 0 Å². The maximum Gasteiger partial charge on any atom is 0.328 e. The number of aliphatic hydroxyl groups excluding tert-OH is 1. The van der Waals surface area contributed by atoms with Gasteiger partial charge in [-0.1, -0.05) is 6.07 Å². The Hall–Kier alpha value is -2.74. The van der Waals surface area contributed by atoms with E-state index in [9.17, 15) is 14.7 Å². The fraction of sp³-hybridized carbons (Fsp3) is 0.286. The van der Waals surface area contributed by atoms with Gasteiger partial charge in [-0.2, -0.15) is 5.10 Å². The van der Waals surface area contributed by atoms with Gasteiger partial charge in [0.25, 0.3) is 5.91 Å². The molecule has 0 bridgehead atoms. The van der Waals surface area contributed by atoms with Crippen molar-refractivity contribution in [2.45, 2.75) is 26.0 Å². The van der Waals surface area contributed by atoms with Crippen molar-refractivity contribution in [2.75, 3.05) is 0 Å². The number of carboxylic acid groups (broad SMARTS) is 1. The van der Waals surface area contributed by atoms with E-state index in [4.69, 9.17) is 5.11 Å². The van der Waals surface area contributed by atoms with Gasteiger partial charge in [0.2, 0.25) is 0 Å². The van der Waals surface area contributed by atoms with Gasteiger partial charge in [0.05, 0.1) is 23.6 Å². The molecule has 1 amide bonds. The number of nitrogens with zero attached hydrogens (tertiary/aromatic N) is 3. The summed E-state index contributed by atoms with van der Waals surface area (Å²) in [6.45, 7) is 2.97. The lowest BCUT2D eigenvalue weighted by Crippen LogP contribution is -2.47. The van der Waals surface area contributed by atoms with Crippen LogP contribution in [0.2, 0.25) is 0 Å². The highest BCUT2D eigenvalue weighted by atomic mass is 16.4. The number of aliphatic hydroxyl groups is 1. The lowest BCUT2D eigenvalue weighted by atomic mass is 10.1. The molecule has 2 heterocycles.